The monoisotopic (exact) mass is 297 g/mol. The van der Waals surface area contributed by atoms with Crippen LogP contribution in [0.1, 0.15) is 20.3 Å². The Morgan fingerprint density at radius 1 is 1.30 bits per heavy atom. The largest absolute Gasteiger partial charge is 0.379 e. The third-order valence-electron chi connectivity index (χ3n) is 2.90. The summed E-state index contributed by atoms with van der Waals surface area (Å²) in [7, 11) is -3.56. The molecule has 1 aromatic carbocycles. The van der Waals surface area contributed by atoms with Crippen LogP contribution >= 0.6 is 0 Å². The highest BCUT2D eigenvalue weighted by atomic mass is 32.2. The minimum atomic E-state index is -3.56. The van der Waals surface area contributed by atoms with Gasteiger partial charge in [-0.1, -0.05) is 12.1 Å². The number of sulfonamides is 1. The first kappa shape index (κ1) is 14.8. The predicted molar refractivity (Wildman–Crippen MR) is 76.9 cm³/mol. The third kappa shape index (κ3) is 3.49. The molecule has 1 unspecified atom stereocenters. The van der Waals surface area contributed by atoms with Crippen molar-refractivity contribution in [3.8, 4) is 0 Å². The van der Waals surface area contributed by atoms with Gasteiger partial charge in [-0.3, -0.25) is 4.79 Å². The Morgan fingerprint density at radius 3 is 2.60 bits per heavy atom. The molecule has 6 nitrogen and oxygen atoms in total. The zero-order chi connectivity index (χ0) is 14.8. The first-order valence-corrected chi connectivity index (χ1v) is 8.01. The molecule has 0 saturated carbocycles. The Kier molecular flexibility index (Phi) is 4.29. The van der Waals surface area contributed by atoms with Gasteiger partial charge in [0.25, 0.3) is 0 Å². The number of hydrogen-bond acceptors (Lipinski definition) is 4. The molecule has 0 radical (unpaired) electrons. The fraction of sp³-hybridized carbons (Fsp3) is 0.462. The van der Waals surface area contributed by atoms with Gasteiger partial charge in [0.2, 0.25) is 15.9 Å². The van der Waals surface area contributed by atoms with Crippen molar-refractivity contribution in [2.45, 2.75) is 37.2 Å². The molecule has 1 heterocycles. The van der Waals surface area contributed by atoms with Crippen LogP contribution in [0.25, 0.3) is 0 Å². The number of carbonyl (C=O) groups excluding carboxylic acids is 1. The molecule has 0 bridgehead atoms. The molecule has 1 atom stereocenters. The van der Waals surface area contributed by atoms with Crippen LogP contribution in [0.2, 0.25) is 0 Å². The Morgan fingerprint density at radius 2 is 2.00 bits per heavy atom. The van der Waals surface area contributed by atoms with Gasteiger partial charge in [-0.2, -0.15) is 0 Å². The molecule has 1 fully saturated rings. The predicted octanol–water partition coefficient (Wildman–Crippen LogP) is 0.674. The zero-order valence-electron chi connectivity index (χ0n) is 11.5. The lowest BCUT2D eigenvalue weighted by molar-refractivity contribution is -0.119. The van der Waals surface area contributed by atoms with Gasteiger partial charge in [0.05, 0.1) is 11.7 Å². The second-order valence-corrected chi connectivity index (χ2v) is 6.80. The summed E-state index contributed by atoms with van der Waals surface area (Å²) in [4.78, 5) is 11.4. The fourth-order valence-electron chi connectivity index (χ4n) is 2.12. The lowest BCUT2D eigenvalue weighted by Gasteiger charge is -2.17. The molecule has 2 rings (SSSR count). The summed E-state index contributed by atoms with van der Waals surface area (Å²) in [6, 6.07) is 6.44. The van der Waals surface area contributed by atoms with Crippen molar-refractivity contribution in [3.63, 3.8) is 0 Å². The molecule has 7 heteroatoms. The van der Waals surface area contributed by atoms with Gasteiger partial charge >= 0.3 is 0 Å². The van der Waals surface area contributed by atoms with Crippen LogP contribution in [-0.2, 0) is 14.8 Å². The van der Waals surface area contributed by atoms with Crippen LogP contribution in [0.4, 0.5) is 5.69 Å². The molecule has 1 aliphatic heterocycles. The lowest BCUT2D eigenvalue weighted by Crippen LogP contribution is -2.31. The van der Waals surface area contributed by atoms with E-state index in [4.69, 9.17) is 0 Å². The van der Waals surface area contributed by atoms with Gasteiger partial charge in [-0.05, 0) is 26.0 Å². The summed E-state index contributed by atoms with van der Waals surface area (Å²) in [5, 5.41) is 5.83. The van der Waals surface area contributed by atoms with Crippen molar-refractivity contribution in [2.24, 2.45) is 0 Å². The number of benzene rings is 1. The lowest BCUT2D eigenvalue weighted by atomic mass is 10.2. The van der Waals surface area contributed by atoms with Crippen LogP contribution in [0.15, 0.2) is 29.2 Å². The molecule has 1 amide bonds. The van der Waals surface area contributed by atoms with Crippen LogP contribution in [0.5, 0.6) is 0 Å². The highest BCUT2D eigenvalue weighted by Crippen LogP contribution is 2.22. The number of nitrogens with one attached hydrogen (secondary N) is 3. The molecular weight excluding hydrogens is 278 g/mol. The zero-order valence-corrected chi connectivity index (χ0v) is 12.3. The van der Waals surface area contributed by atoms with Gasteiger partial charge in [0.1, 0.15) is 4.90 Å². The van der Waals surface area contributed by atoms with Crippen molar-refractivity contribution in [3.05, 3.63) is 24.3 Å². The number of anilines is 1. The highest BCUT2D eigenvalue weighted by Gasteiger charge is 2.24. The van der Waals surface area contributed by atoms with Crippen LogP contribution in [-0.4, -0.2) is 33.0 Å². The Hall–Kier alpha value is -1.60. The molecule has 0 spiro atoms. The molecule has 0 aromatic heterocycles. The summed E-state index contributed by atoms with van der Waals surface area (Å²) in [6.45, 7) is 4.05. The summed E-state index contributed by atoms with van der Waals surface area (Å²) >= 11 is 0. The summed E-state index contributed by atoms with van der Waals surface area (Å²) < 4.78 is 27.1. The standard InChI is InChI=1S/C13H19N3O3S/c1-9(2)16-20(18,19)12-6-4-3-5-11(12)15-10-7-13(17)14-8-10/h3-6,9-10,15-16H,7-8H2,1-2H3,(H,14,17). The van der Waals surface area contributed by atoms with E-state index in [1.54, 1.807) is 38.1 Å². The number of amides is 1. The quantitative estimate of drug-likeness (QED) is 0.745. The van der Waals surface area contributed by atoms with E-state index < -0.39 is 10.0 Å². The van der Waals surface area contributed by atoms with Crippen LogP contribution in [0.3, 0.4) is 0 Å². The van der Waals surface area contributed by atoms with Crippen LogP contribution < -0.4 is 15.4 Å². The topological polar surface area (TPSA) is 87.3 Å². The molecule has 1 saturated heterocycles. The van der Waals surface area contributed by atoms with Crippen molar-refractivity contribution in [2.75, 3.05) is 11.9 Å². The smallest absolute Gasteiger partial charge is 0.242 e. The molecule has 110 valence electrons. The van der Waals surface area contributed by atoms with E-state index in [1.807, 2.05) is 0 Å². The second kappa shape index (κ2) is 5.80. The molecule has 3 N–H and O–H groups in total. The van der Waals surface area contributed by atoms with Crippen molar-refractivity contribution < 1.29 is 13.2 Å². The Bertz CT molecular complexity index is 599. The number of rotatable bonds is 5. The molecule has 0 aliphatic carbocycles. The number of hydrogen-bond donors (Lipinski definition) is 3. The van der Waals surface area contributed by atoms with Crippen LogP contribution in [0, 0.1) is 0 Å². The molecule has 1 aliphatic rings. The maximum absolute atomic E-state index is 12.3. The molecule has 1 aromatic rings. The fourth-order valence-corrected chi connectivity index (χ4v) is 3.54. The first-order valence-electron chi connectivity index (χ1n) is 6.53. The Labute approximate surface area is 119 Å². The minimum absolute atomic E-state index is 0.0249. The van der Waals surface area contributed by atoms with E-state index in [-0.39, 0.29) is 22.9 Å². The summed E-state index contributed by atoms with van der Waals surface area (Å²) in [5.41, 5.74) is 0.516. The van der Waals surface area contributed by atoms with Crippen molar-refractivity contribution in [1.29, 1.82) is 0 Å². The average molecular weight is 297 g/mol. The van der Waals surface area contributed by atoms with E-state index in [0.29, 0.717) is 18.7 Å². The van der Waals surface area contributed by atoms with Gasteiger partial charge in [-0.25, -0.2) is 13.1 Å². The highest BCUT2D eigenvalue weighted by molar-refractivity contribution is 7.89. The maximum atomic E-state index is 12.3. The maximum Gasteiger partial charge on any atom is 0.242 e. The number of para-hydroxylation sites is 1. The minimum Gasteiger partial charge on any atom is -0.379 e. The van der Waals surface area contributed by atoms with Crippen molar-refractivity contribution in [1.82, 2.24) is 10.0 Å². The third-order valence-corrected chi connectivity index (χ3v) is 4.62. The van der Waals surface area contributed by atoms with E-state index in [0.717, 1.165) is 0 Å². The van der Waals surface area contributed by atoms with E-state index in [2.05, 4.69) is 15.4 Å². The molecule has 20 heavy (non-hydrogen) atoms. The summed E-state index contributed by atoms with van der Waals surface area (Å²) in [5.74, 6) is -0.0249. The average Bonchev–Trinajstić information content (AvgIpc) is 2.73. The normalized spacial score (nSPS) is 19.1. The Balaban J connectivity index is 2.24. The van der Waals surface area contributed by atoms with Gasteiger partial charge < -0.3 is 10.6 Å². The first-order chi connectivity index (χ1) is 9.38. The van der Waals surface area contributed by atoms with E-state index in [9.17, 15) is 13.2 Å². The van der Waals surface area contributed by atoms with Gasteiger partial charge in [-0.15, -0.1) is 0 Å². The van der Waals surface area contributed by atoms with Gasteiger partial charge in [0, 0.05) is 19.0 Å². The van der Waals surface area contributed by atoms with E-state index in [1.165, 1.54) is 0 Å². The second-order valence-electron chi connectivity index (χ2n) is 5.12. The van der Waals surface area contributed by atoms with Gasteiger partial charge in [0.15, 0.2) is 0 Å². The summed E-state index contributed by atoms with van der Waals surface area (Å²) in [6.07, 6.45) is 0.353. The van der Waals surface area contributed by atoms with Crippen molar-refractivity contribution >= 4 is 21.6 Å². The number of carbonyl (C=O) groups is 1. The van der Waals surface area contributed by atoms with E-state index >= 15 is 0 Å². The molecular formula is C13H19N3O3S. The SMILES string of the molecule is CC(C)NS(=O)(=O)c1ccccc1NC1CNC(=O)C1.